The maximum atomic E-state index is 14.0. The summed E-state index contributed by atoms with van der Waals surface area (Å²) >= 11 is 0. The zero-order valence-corrected chi connectivity index (χ0v) is 23.9. The van der Waals surface area contributed by atoms with Crippen LogP contribution in [0.2, 0.25) is 0 Å². The third-order valence-electron chi connectivity index (χ3n) is 10.2. The van der Waals surface area contributed by atoms with Gasteiger partial charge in [0.05, 0.1) is 0 Å². The number of hydrogen-bond donors (Lipinski definition) is 0. The van der Waals surface area contributed by atoms with Crippen LogP contribution in [-0.4, -0.2) is 52.0 Å². The van der Waals surface area contributed by atoms with Crippen LogP contribution in [0.15, 0.2) is 60.3 Å². The van der Waals surface area contributed by atoms with E-state index in [2.05, 4.69) is 95.9 Å². The van der Waals surface area contributed by atoms with Gasteiger partial charge in [0.15, 0.2) is 0 Å². The molecular formula is C35H43N3O. The Hall–Kier alpha value is -2.85. The standard InChI is InChI=1S/C35H43N3O/c1-35(2,3)28-15-12-24(13-16-28)21-37-22-27(29-9-4-5-11-31(29)37)20-25-14-17-32-30-10-7-19-36-18-6-8-26(33(30)36)23-38(32)34(25)39/h4-5,9,11-13,15-16,20,22,26,30,32-33H,6-8,10,14,17-19,21,23H2,1-3H3/b25-20+/t26-,30+,32+,33-/m0/s1. The zero-order chi connectivity index (χ0) is 26.7. The Morgan fingerprint density at radius 2 is 1.72 bits per heavy atom. The molecule has 0 spiro atoms. The third kappa shape index (κ3) is 4.45. The molecule has 4 atom stereocenters. The highest BCUT2D eigenvalue weighted by molar-refractivity contribution is 6.01. The van der Waals surface area contributed by atoms with Gasteiger partial charge in [0.25, 0.3) is 0 Å². The number of fused-ring (bicyclic) bond motifs is 3. The minimum absolute atomic E-state index is 0.159. The fourth-order valence-electron chi connectivity index (χ4n) is 8.34. The Balaban J connectivity index is 1.17. The fraction of sp³-hybridized carbons (Fsp3) is 0.514. The molecule has 4 aliphatic rings. The lowest BCUT2D eigenvalue weighted by molar-refractivity contribution is -0.145. The molecule has 4 fully saturated rings. The number of rotatable bonds is 3. The van der Waals surface area contributed by atoms with Crippen LogP contribution in [0.25, 0.3) is 17.0 Å². The summed E-state index contributed by atoms with van der Waals surface area (Å²) in [6.07, 6.45) is 11.7. The highest BCUT2D eigenvalue weighted by Gasteiger charge is 2.51. The van der Waals surface area contributed by atoms with Crippen LogP contribution >= 0.6 is 0 Å². The van der Waals surface area contributed by atoms with E-state index in [0.717, 1.165) is 37.5 Å². The highest BCUT2D eigenvalue weighted by Crippen LogP contribution is 2.45. The number of hydrogen-bond acceptors (Lipinski definition) is 2. The van der Waals surface area contributed by atoms with E-state index in [0.29, 0.717) is 23.8 Å². The summed E-state index contributed by atoms with van der Waals surface area (Å²) in [7, 11) is 0. The minimum Gasteiger partial charge on any atom is -0.342 e. The molecule has 3 aromatic rings. The monoisotopic (exact) mass is 521 g/mol. The molecule has 1 aromatic heterocycles. The molecule has 39 heavy (non-hydrogen) atoms. The van der Waals surface area contributed by atoms with Crippen molar-refractivity contribution < 1.29 is 4.79 Å². The number of carbonyl (C=O) groups is 1. The van der Waals surface area contributed by atoms with Gasteiger partial charge >= 0.3 is 0 Å². The van der Waals surface area contributed by atoms with Crippen LogP contribution in [-0.2, 0) is 16.8 Å². The van der Waals surface area contributed by atoms with Crippen molar-refractivity contribution in [3.8, 4) is 0 Å². The first-order valence-electron chi connectivity index (χ1n) is 15.3. The Morgan fingerprint density at radius 3 is 2.51 bits per heavy atom. The second-order valence-electron chi connectivity index (χ2n) is 13.6. The van der Waals surface area contributed by atoms with Gasteiger partial charge in [-0.3, -0.25) is 9.69 Å². The number of aromatic nitrogens is 1. The van der Waals surface area contributed by atoms with Gasteiger partial charge in [-0.25, -0.2) is 0 Å². The molecule has 5 heterocycles. The van der Waals surface area contributed by atoms with Gasteiger partial charge in [0.1, 0.15) is 0 Å². The van der Waals surface area contributed by atoms with Crippen LogP contribution in [0.1, 0.15) is 76.0 Å². The quantitative estimate of drug-likeness (QED) is 0.352. The maximum absolute atomic E-state index is 14.0. The van der Waals surface area contributed by atoms with Gasteiger partial charge in [-0.05, 0) is 92.1 Å². The summed E-state index contributed by atoms with van der Waals surface area (Å²) in [6.45, 7) is 11.1. The average Bonchev–Trinajstić information content (AvgIpc) is 3.27. The Kier molecular flexibility index (Phi) is 6.23. The SMILES string of the molecule is CC(C)(C)c1ccc(Cn2cc(/C=C3\CC[C@@H]4[C@H]5CCCN6CCC[C@@H](CN4C3=O)[C@@H]56)c3ccccc32)cc1. The maximum Gasteiger partial charge on any atom is 0.250 e. The van der Waals surface area contributed by atoms with Gasteiger partial charge in [-0.1, -0.05) is 63.2 Å². The fourth-order valence-corrected chi connectivity index (χ4v) is 8.34. The Labute approximate surface area is 233 Å². The normalized spacial score (nSPS) is 28.5. The first kappa shape index (κ1) is 25.1. The lowest BCUT2D eigenvalue weighted by atomic mass is 9.67. The molecule has 4 nitrogen and oxygen atoms in total. The molecule has 0 N–H and O–H groups in total. The predicted molar refractivity (Wildman–Crippen MR) is 160 cm³/mol. The second kappa shape index (κ2) is 9.66. The van der Waals surface area contributed by atoms with Crippen LogP contribution in [0.4, 0.5) is 0 Å². The number of nitrogens with zero attached hydrogens (tertiary/aromatic N) is 3. The van der Waals surface area contributed by atoms with Crippen molar-refractivity contribution in [2.75, 3.05) is 19.6 Å². The van der Waals surface area contributed by atoms with Crippen LogP contribution in [0.3, 0.4) is 0 Å². The summed E-state index contributed by atoms with van der Waals surface area (Å²) in [5.41, 5.74) is 6.24. The molecule has 1 amide bonds. The van der Waals surface area contributed by atoms with E-state index in [1.807, 2.05) is 0 Å². The van der Waals surface area contributed by atoms with E-state index in [-0.39, 0.29) is 5.41 Å². The van der Waals surface area contributed by atoms with Crippen molar-refractivity contribution in [3.05, 3.63) is 77.0 Å². The van der Waals surface area contributed by atoms with Gasteiger partial charge < -0.3 is 9.47 Å². The average molecular weight is 522 g/mol. The van der Waals surface area contributed by atoms with Gasteiger partial charge in [-0.15, -0.1) is 0 Å². The van der Waals surface area contributed by atoms with E-state index >= 15 is 0 Å². The number of para-hydroxylation sites is 1. The molecule has 2 aromatic carbocycles. The number of amides is 1. The van der Waals surface area contributed by atoms with Crippen molar-refractivity contribution in [2.24, 2.45) is 11.8 Å². The Bertz CT molecular complexity index is 1410. The van der Waals surface area contributed by atoms with Gasteiger partial charge in [0, 0.05) is 53.4 Å². The summed E-state index contributed by atoms with van der Waals surface area (Å²) in [5.74, 6) is 1.65. The molecule has 7 rings (SSSR count). The molecular weight excluding hydrogens is 478 g/mol. The zero-order valence-electron chi connectivity index (χ0n) is 23.9. The van der Waals surface area contributed by atoms with Crippen molar-refractivity contribution in [1.29, 1.82) is 0 Å². The predicted octanol–water partition coefficient (Wildman–Crippen LogP) is 6.87. The smallest absolute Gasteiger partial charge is 0.250 e. The lowest BCUT2D eigenvalue weighted by Crippen LogP contribution is -2.66. The molecule has 4 aliphatic heterocycles. The van der Waals surface area contributed by atoms with E-state index in [1.54, 1.807) is 0 Å². The van der Waals surface area contributed by atoms with E-state index in [1.165, 1.54) is 66.4 Å². The van der Waals surface area contributed by atoms with Crippen molar-refractivity contribution in [1.82, 2.24) is 14.4 Å². The van der Waals surface area contributed by atoms with Crippen LogP contribution in [0.5, 0.6) is 0 Å². The van der Waals surface area contributed by atoms with Crippen molar-refractivity contribution in [3.63, 3.8) is 0 Å². The lowest BCUT2D eigenvalue weighted by Gasteiger charge is -2.58. The number of benzene rings is 2. The van der Waals surface area contributed by atoms with Gasteiger partial charge in [0.2, 0.25) is 5.91 Å². The first-order chi connectivity index (χ1) is 18.9. The molecule has 0 unspecified atom stereocenters. The molecule has 0 aliphatic carbocycles. The minimum atomic E-state index is 0.159. The molecule has 4 heteroatoms. The highest BCUT2D eigenvalue weighted by atomic mass is 16.2. The molecule has 204 valence electrons. The van der Waals surface area contributed by atoms with E-state index in [9.17, 15) is 4.79 Å². The van der Waals surface area contributed by atoms with Gasteiger partial charge in [-0.2, -0.15) is 0 Å². The second-order valence-corrected chi connectivity index (χ2v) is 13.6. The molecule has 0 radical (unpaired) electrons. The largest absolute Gasteiger partial charge is 0.342 e. The summed E-state index contributed by atoms with van der Waals surface area (Å²) in [4.78, 5) is 19.1. The summed E-state index contributed by atoms with van der Waals surface area (Å²) < 4.78 is 2.36. The third-order valence-corrected chi connectivity index (χ3v) is 10.2. The number of piperidine rings is 4. The van der Waals surface area contributed by atoms with Crippen LogP contribution in [0, 0.1) is 11.8 Å². The summed E-state index contributed by atoms with van der Waals surface area (Å²) in [6, 6.07) is 18.9. The topological polar surface area (TPSA) is 28.5 Å². The Morgan fingerprint density at radius 1 is 0.949 bits per heavy atom. The van der Waals surface area contributed by atoms with Crippen molar-refractivity contribution >= 4 is 22.9 Å². The van der Waals surface area contributed by atoms with Crippen molar-refractivity contribution in [2.45, 2.75) is 83.3 Å². The molecule has 0 bridgehead atoms. The number of carbonyl (C=O) groups excluding carboxylic acids is 1. The van der Waals surface area contributed by atoms with Crippen LogP contribution < -0.4 is 0 Å². The van der Waals surface area contributed by atoms with E-state index < -0.39 is 0 Å². The van der Waals surface area contributed by atoms with E-state index in [4.69, 9.17) is 0 Å². The molecule has 0 saturated carbocycles. The summed E-state index contributed by atoms with van der Waals surface area (Å²) in [5, 5.41) is 1.24. The first-order valence-corrected chi connectivity index (χ1v) is 15.3. The molecule has 4 saturated heterocycles.